The molecule has 1 aromatic rings. The minimum absolute atomic E-state index is 0.0880. The Morgan fingerprint density at radius 3 is 2.40 bits per heavy atom. The number of ether oxygens (including phenoxy) is 1. The zero-order valence-electron chi connectivity index (χ0n) is 33.5. The molecule has 0 saturated heterocycles. The highest BCUT2D eigenvalue weighted by Gasteiger charge is 2.67. The van der Waals surface area contributed by atoms with Crippen LogP contribution in [0.15, 0.2) is 119 Å². The van der Waals surface area contributed by atoms with Crippen molar-refractivity contribution in [2.24, 2.45) is 35.5 Å². The molecule has 8 unspecified atom stereocenters. The minimum atomic E-state index is 0.0880. The molecular weight excluding hydrogens is 667 g/mol. The summed E-state index contributed by atoms with van der Waals surface area (Å²) >= 11 is 0. The number of allylic oxidation sites excluding steroid dienone is 13. The van der Waals surface area contributed by atoms with Crippen molar-refractivity contribution in [1.82, 2.24) is 4.90 Å². The van der Waals surface area contributed by atoms with Gasteiger partial charge in [0, 0.05) is 28.6 Å². The second-order valence-corrected chi connectivity index (χ2v) is 19.5. The van der Waals surface area contributed by atoms with Gasteiger partial charge in [0.25, 0.3) is 0 Å². The Bertz CT molecular complexity index is 1900. The molecule has 0 aromatic heterocycles. The molecule has 3 saturated carbocycles. The first kappa shape index (κ1) is 34.9. The summed E-state index contributed by atoms with van der Waals surface area (Å²) in [6, 6.07) is 10.5. The van der Waals surface area contributed by atoms with E-state index in [1.165, 1.54) is 140 Å². The highest BCUT2D eigenvalue weighted by atomic mass is 16.5. The molecule has 1 heterocycles. The number of hydrogen-bond donors (Lipinski definition) is 0. The van der Waals surface area contributed by atoms with Gasteiger partial charge >= 0.3 is 0 Å². The predicted octanol–water partition coefficient (Wildman–Crippen LogP) is 13.4. The second-order valence-electron chi connectivity index (χ2n) is 19.5. The van der Waals surface area contributed by atoms with Crippen molar-refractivity contribution in [2.75, 3.05) is 0 Å². The Kier molecular flexibility index (Phi) is 9.27. The van der Waals surface area contributed by atoms with E-state index >= 15 is 0 Å². The molecule has 55 heavy (non-hydrogen) atoms. The average Bonchev–Trinajstić information content (AvgIpc) is 3.55. The maximum Gasteiger partial charge on any atom is 0.124 e. The van der Waals surface area contributed by atoms with Crippen molar-refractivity contribution >= 4 is 0 Å². The predicted molar refractivity (Wildman–Crippen MR) is 227 cm³/mol. The molecule has 1 aromatic carbocycles. The van der Waals surface area contributed by atoms with Gasteiger partial charge in [-0.3, -0.25) is 0 Å². The van der Waals surface area contributed by atoms with Crippen molar-refractivity contribution in [1.29, 1.82) is 0 Å². The van der Waals surface area contributed by atoms with E-state index in [1.807, 2.05) is 0 Å². The van der Waals surface area contributed by atoms with Crippen LogP contribution < -0.4 is 4.74 Å². The van der Waals surface area contributed by atoms with Gasteiger partial charge in [0.15, 0.2) is 0 Å². The molecule has 0 bridgehead atoms. The van der Waals surface area contributed by atoms with Gasteiger partial charge in [-0.15, -0.1) is 0 Å². The van der Waals surface area contributed by atoms with Gasteiger partial charge in [-0.25, -0.2) is 0 Å². The Hall–Kier alpha value is -3.26. The summed E-state index contributed by atoms with van der Waals surface area (Å²) in [6.07, 6.45) is 54.2. The van der Waals surface area contributed by atoms with Gasteiger partial charge in [-0.05, 0) is 161 Å². The molecular formula is C53H65NO. The standard InChI is InChI=1S/C53H65NO/c1-3-13-36(14-4-1)37-23-29-42(30-24-37)54(41-16-5-2-6-17-41)43-31-25-38(26-32-43)40-28-33-45-46-34-27-39-15-7-8-18-44(39)52(46)53(49(45)35-40)47-19-9-11-21-50(47)55-51-22-12-10-20-48(51)53/h8-9,11-12,18-19,21-23,25-26,29,31,35-36,41,43,45-46,48-49,51-52H,1-7,10,13-17,20,24,27-28,30,32-34H2. The third-order valence-electron chi connectivity index (χ3n) is 17.1. The molecule has 0 N–H and O–H groups in total. The number of hydrogen-bond acceptors (Lipinski definition) is 2. The van der Waals surface area contributed by atoms with E-state index in [4.69, 9.17) is 4.74 Å². The summed E-state index contributed by atoms with van der Waals surface area (Å²) in [5, 5.41) is 0. The van der Waals surface area contributed by atoms with Crippen LogP contribution in [-0.2, 0) is 5.41 Å². The van der Waals surface area contributed by atoms with Crippen LogP contribution in [-0.4, -0.2) is 23.1 Å². The van der Waals surface area contributed by atoms with Crippen LogP contribution in [0.3, 0.4) is 0 Å². The number of fused-ring (bicyclic) bond motifs is 10. The lowest BCUT2D eigenvalue weighted by molar-refractivity contribution is 0.0282. The molecule has 1 aliphatic heterocycles. The summed E-state index contributed by atoms with van der Waals surface area (Å²) in [7, 11) is 0. The lowest BCUT2D eigenvalue weighted by Crippen LogP contribution is -2.55. The molecule has 0 amide bonds. The monoisotopic (exact) mass is 732 g/mol. The SMILES string of the molecule is C1=CC2=C(CC1)CCC1C3CCC(C4=CCC(N(C5=CC=C(C6CCCCC6)CC5)C5CCCCC5)C=C4)=CC3C3(c4ccccc4OC4C=CCCC43)C21. The Morgan fingerprint density at radius 1 is 0.709 bits per heavy atom. The summed E-state index contributed by atoms with van der Waals surface area (Å²) in [5.41, 5.74) is 11.7. The molecule has 288 valence electrons. The van der Waals surface area contributed by atoms with E-state index in [9.17, 15) is 0 Å². The molecule has 0 radical (unpaired) electrons. The first-order valence-corrected chi connectivity index (χ1v) is 23.4. The van der Waals surface area contributed by atoms with Gasteiger partial charge in [0.1, 0.15) is 11.9 Å². The van der Waals surface area contributed by atoms with Crippen LogP contribution >= 0.6 is 0 Å². The van der Waals surface area contributed by atoms with Crippen LogP contribution in [0.5, 0.6) is 5.75 Å². The molecule has 9 aliphatic carbocycles. The van der Waals surface area contributed by atoms with Gasteiger partial charge in [0.05, 0.1) is 6.04 Å². The van der Waals surface area contributed by atoms with Crippen molar-refractivity contribution < 1.29 is 4.74 Å². The Morgan fingerprint density at radius 2 is 1.56 bits per heavy atom. The van der Waals surface area contributed by atoms with Gasteiger partial charge in [-0.2, -0.15) is 0 Å². The van der Waals surface area contributed by atoms with E-state index in [2.05, 4.69) is 89.9 Å². The largest absolute Gasteiger partial charge is 0.486 e. The fourth-order valence-electron chi connectivity index (χ4n) is 14.8. The van der Waals surface area contributed by atoms with Gasteiger partial charge in [-0.1, -0.05) is 116 Å². The average molecular weight is 732 g/mol. The van der Waals surface area contributed by atoms with Crippen LogP contribution in [0, 0.1) is 35.5 Å². The molecule has 2 heteroatoms. The summed E-state index contributed by atoms with van der Waals surface area (Å²) in [5.74, 6) is 5.22. The molecule has 2 nitrogen and oxygen atoms in total. The molecule has 1 spiro atoms. The maximum absolute atomic E-state index is 6.96. The molecule has 10 aliphatic rings. The zero-order valence-corrected chi connectivity index (χ0v) is 33.5. The van der Waals surface area contributed by atoms with Crippen molar-refractivity contribution in [3.63, 3.8) is 0 Å². The fraction of sp³-hybridized carbons (Fsp3) is 0.585. The van der Waals surface area contributed by atoms with Crippen LogP contribution in [0.4, 0.5) is 0 Å². The van der Waals surface area contributed by atoms with E-state index in [-0.39, 0.29) is 11.5 Å². The summed E-state index contributed by atoms with van der Waals surface area (Å²) in [4.78, 5) is 2.94. The van der Waals surface area contributed by atoms with Crippen LogP contribution in [0.2, 0.25) is 0 Å². The van der Waals surface area contributed by atoms with E-state index < -0.39 is 0 Å². The quantitative estimate of drug-likeness (QED) is 0.280. The smallest absolute Gasteiger partial charge is 0.124 e. The summed E-state index contributed by atoms with van der Waals surface area (Å²) in [6.45, 7) is 0. The number of rotatable bonds is 5. The Balaban J connectivity index is 0.940. The lowest BCUT2D eigenvalue weighted by Gasteiger charge is -2.55. The third kappa shape index (κ3) is 5.83. The Labute approximate surface area is 332 Å². The maximum atomic E-state index is 6.96. The first-order valence-electron chi connectivity index (χ1n) is 23.4. The highest BCUT2D eigenvalue weighted by Crippen LogP contribution is 2.71. The third-order valence-corrected chi connectivity index (χ3v) is 17.1. The molecule has 8 atom stereocenters. The number of benzene rings is 1. The fourth-order valence-corrected chi connectivity index (χ4v) is 14.8. The van der Waals surface area contributed by atoms with Crippen molar-refractivity contribution in [3.8, 4) is 5.75 Å². The number of nitrogens with zero attached hydrogens (tertiary/aromatic N) is 1. The summed E-state index contributed by atoms with van der Waals surface area (Å²) < 4.78 is 6.96. The van der Waals surface area contributed by atoms with Gasteiger partial charge in [0.2, 0.25) is 0 Å². The number of para-hydroxylation sites is 1. The highest BCUT2D eigenvalue weighted by molar-refractivity contribution is 5.55. The van der Waals surface area contributed by atoms with E-state index in [1.54, 1.807) is 33.6 Å². The topological polar surface area (TPSA) is 12.5 Å². The van der Waals surface area contributed by atoms with Gasteiger partial charge < -0.3 is 9.64 Å². The van der Waals surface area contributed by atoms with E-state index in [0.717, 1.165) is 24.2 Å². The van der Waals surface area contributed by atoms with Crippen molar-refractivity contribution in [3.05, 3.63) is 124 Å². The first-order chi connectivity index (χ1) is 27.3. The normalized spacial score (nSPS) is 37.1. The second kappa shape index (κ2) is 14.6. The minimum Gasteiger partial charge on any atom is -0.486 e. The van der Waals surface area contributed by atoms with Crippen LogP contribution in [0.1, 0.15) is 140 Å². The molecule has 3 fully saturated rings. The van der Waals surface area contributed by atoms with E-state index in [0.29, 0.717) is 29.8 Å². The zero-order chi connectivity index (χ0) is 36.3. The lowest BCUT2D eigenvalue weighted by atomic mass is 9.51. The molecule has 11 rings (SSSR count). The van der Waals surface area contributed by atoms with Crippen molar-refractivity contribution in [2.45, 2.75) is 158 Å². The van der Waals surface area contributed by atoms with Crippen LogP contribution in [0.25, 0.3) is 0 Å².